The zero-order chi connectivity index (χ0) is 9.35. The first-order valence-electron chi connectivity index (χ1n) is 4.63. The average molecular weight is 166 g/mol. The molecular weight excluding hydrogens is 148 g/mol. The maximum atomic E-state index is 11.6. The van der Waals surface area contributed by atoms with Crippen LogP contribution in [0.1, 0.15) is 33.6 Å². The molecule has 0 bridgehead atoms. The van der Waals surface area contributed by atoms with Gasteiger partial charge in [-0.05, 0) is 18.3 Å². The van der Waals surface area contributed by atoms with Crippen LogP contribution in [0.25, 0.3) is 0 Å². The third-order valence-corrected chi connectivity index (χ3v) is 3.04. The highest BCUT2D eigenvalue weighted by molar-refractivity contribution is 5.85. The summed E-state index contributed by atoms with van der Waals surface area (Å²) in [4.78, 5) is 11.6. The van der Waals surface area contributed by atoms with Crippen LogP contribution in [0.5, 0.6) is 0 Å². The molecule has 0 spiro atoms. The van der Waals surface area contributed by atoms with E-state index in [9.17, 15) is 4.79 Å². The van der Waals surface area contributed by atoms with Gasteiger partial charge in [-0.15, -0.1) is 6.58 Å². The monoisotopic (exact) mass is 166 g/mol. The summed E-state index contributed by atoms with van der Waals surface area (Å²) in [6.45, 7) is 10.0. The summed E-state index contributed by atoms with van der Waals surface area (Å²) in [6, 6.07) is 0. The van der Waals surface area contributed by atoms with Crippen LogP contribution in [0, 0.1) is 17.3 Å². The smallest absolute Gasteiger partial charge is 0.138 e. The molecule has 0 N–H and O–H groups in total. The summed E-state index contributed by atoms with van der Waals surface area (Å²) in [5, 5.41) is 0. The first kappa shape index (κ1) is 9.50. The predicted octanol–water partition coefficient (Wildman–Crippen LogP) is 2.81. The van der Waals surface area contributed by atoms with Crippen LogP contribution in [0.15, 0.2) is 12.7 Å². The molecule has 12 heavy (non-hydrogen) atoms. The van der Waals surface area contributed by atoms with Crippen LogP contribution in [-0.2, 0) is 4.79 Å². The fraction of sp³-hybridized carbons (Fsp3) is 0.727. The van der Waals surface area contributed by atoms with Crippen molar-refractivity contribution in [3.05, 3.63) is 12.7 Å². The number of carbonyl (C=O) groups is 1. The molecule has 0 aromatic rings. The molecule has 0 amide bonds. The summed E-state index contributed by atoms with van der Waals surface area (Å²) < 4.78 is 0. The minimum absolute atomic E-state index is 0.120. The minimum atomic E-state index is -0.120. The van der Waals surface area contributed by atoms with Gasteiger partial charge in [-0.25, -0.2) is 0 Å². The van der Waals surface area contributed by atoms with E-state index in [1.54, 1.807) is 0 Å². The van der Waals surface area contributed by atoms with Gasteiger partial charge in [-0.2, -0.15) is 0 Å². The molecule has 1 heteroatoms. The molecule has 1 saturated carbocycles. The molecule has 1 nitrogen and oxygen atoms in total. The van der Waals surface area contributed by atoms with E-state index in [0.29, 0.717) is 17.6 Å². The van der Waals surface area contributed by atoms with E-state index in [4.69, 9.17) is 0 Å². The Bertz CT molecular complexity index is 203. The Hall–Kier alpha value is -0.590. The van der Waals surface area contributed by atoms with Crippen LogP contribution >= 0.6 is 0 Å². The van der Waals surface area contributed by atoms with E-state index in [0.717, 1.165) is 12.8 Å². The summed E-state index contributed by atoms with van der Waals surface area (Å²) in [6.07, 6.45) is 3.69. The van der Waals surface area contributed by atoms with Gasteiger partial charge in [0.15, 0.2) is 0 Å². The lowest BCUT2D eigenvalue weighted by molar-refractivity contribution is -0.132. The molecule has 0 unspecified atom stereocenters. The Morgan fingerprint density at radius 1 is 1.58 bits per heavy atom. The third kappa shape index (κ3) is 1.60. The summed E-state index contributed by atoms with van der Waals surface area (Å²) in [5.41, 5.74) is -0.120. The number of carbonyl (C=O) groups excluding carboxylic acids is 1. The zero-order valence-corrected chi connectivity index (χ0v) is 8.26. The van der Waals surface area contributed by atoms with Gasteiger partial charge >= 0.3 is 0 Å². The van der Waals surface area contributed by atoms with Gasteiger partial charge in [0.05, 0.1) is 0 Å². The van der Waals surface area contributed by atoms with Crippen LogP contribution in [0.3, 0.4) is 0 Å². The maximum Gasteiger partial charge on any atom is 0.138 e. The molecule has 0 heterocycles. The largest absolute Gasteiger partial charge is 0.299 e. The molecular formula is C11H18O. The van der Waals surface area contributed by atoms with Crippen molar-refractivity contribution in [2.45, 2.75) is 33.6 Å². The Balaban J connectivity index is 2.76. The van der Waals surface area contributed by atoms with Gasteiger partial charge in [-0.3, -0.25) is 4.79 Å². The molecule has 0 aliphatic heterocycles. The van der Waals surface area contributed by atoms with Gasteiger partial charge in [0, 0.05) is 11.8 Å². The van der Waals surface area contributed by atoms with E-state index < -0.39 is 0 Å². The fourth-order valence-electron chi connectivity index (χ4n) is 1.94. The van der Waals surface area contributed by atoms with Crippen molar-refractivity contribution >= 4 is 5.78 Å². The van der Waals surface area contributed by atoms with Crippen LogP contribution in [0.2, 0.25) is 0 Å². The van der Waals surface area contributed by atoms with Crippen molar-refractivity contribution in [3.8, 4) is 0 Å². The number of hydrogen-bond donors (Lipinski definition) is 0. The van der Waals surface area contributed by atoms with E-state index in [2.05, 4.69) is 13.5 Å². The number of ketones is 1. The fourth-order valence-corrected chi connectivity index (χ4v) is 1.94. The Kier molecular flexibility index (Phi) is 2.41. The van der Waals surface area contributed by atoms with Gasteiger partial charge in [0.1, 0.15) is 5.78 Å². The van der Waals surface area contributed by atoms with Gasteiger partial charge < -0.3 is 0 Å². The van der Waals surface area contributed by atoms with Gasteiger partial charge in [0.2, 0.25) is 0 Å². The van der Waals surface area contributed by atoms with Gasteiger partial charge in [-0.1, -0.05) is 26.8 Å². The van der Waals surface area contributed by atoms with Gasteiger partial charge in [0.25, 0.3) is 0 Å². The molecule has 0 radical (unpaired) electrons. The quantitative estimate of drug-likeness (QED) is 0.547. The van der Waals surface area contributed by atoms with E-state index in [1.165, 1.54) is 0 Å². The number of rotatable bonds is 1. The zero-order valence-electron chi connectivity index (χ0n) is 8.26. The van der Waals surface area contributed by atoms with Crippen molar-refractivity contribution in [1.29, 1.82) is 0 Å². The highest BCUT2D eigenvalue weighted by atomic mass is 16.1. The van der Waals surface area contributed by atoms with Crippen molar-refractivity contribution in [1.82, 2.24) is 0 Å². The summed E-state index contributed by atoms with van der Waals surface area (Å²) in [5.74, 6) is 1.42. The van der Waals surface area contributed by atoms with Crippen molar-refractivity contribution < 1.29 is 4.79 Å². The Labute approximate surface area is 74.9 Å². The van der Waals surface area contributed by atoms with Crippen molar-refractivity contribution in [3.63, 3.8) is 0 Å². The van der Waals surface area contributed by atoms with E-state index in [1.807, 2.05) is 19.9 Å². The van der Waals surface area contributed by atoms with E-state index >= 15 is 0 Å². The molecule has 1 fully saturated rings. The predicted molar refractivity (Wildman–Crippen MR) is 50.9 cm³/mol. The maximum absolute atomic E-state index is 11.6. The van der Waals surface area contributed by atoms with Crippen LogP contribution < -0.4 is 0 Å². The lowest BCUT2D eigenvalue weighted by atomic mass is 9.67. The van der Waals surface area contributed by atoms with Crippen molar-refractivity contribution in [2.24, 2.45) is 17.3 Å². The topological polar surface area (TPSA) is 17.1 Å². The molecule has 0 saturated heterocycles. The summed E-state index contributed by atoms with van der Waals surface area (Å²) >= 11 is 0. The normalized spacial score (nSPS) is 34.8. The molecule has 0 aromatic heterocycles. The first-order valence-corrected chi connectivity index (χ1v) is 4.63. The Morgan fingerprint density at radius 2 is 2.17 bits per heavy atom. The Morgan fingerprint density at radius 3 is 2.67 bits per heavy atom. The molecule has 0 aromatic carbocycles. The lowest BCUT2D eigenvalue weighted by Crippen LogP contribution is -2.36. The molecule has 1 aliphatic carbocycles. The molecule has 1 aliphatic rings. The van der Waals surface area contributed by atoms with E-state index in [-0.39, 0.29) is 5.41 Å². The highest BCUT2D eigenvalue weighted by Gasteiger charge is 2.37. The molecule has 68 valence electrons. The second-order valence-corrected chi connectivity index (χ2v) is 4.59. The average Bonchev–Trinajstić information content (AvgIpc) is 1.97. The first-order chi connectivity index (χ1) is 5.47. The molecule has 1 rings (SSSR count). The second-order valence-electron chi connectivity index (χ2n) is 4.59. The van der Waals surface area contributed by atoms with Crippen molar-refractivity contribution in [2.75, 3.05) is 0 Å². The molecule has 2 atom stereocenters. The second kappa shape index (κ2) is 3.04. The summed E-state index contributed by atoms with van der Waals surface area (Å²) in [7, 11) is 0. The minimum Gasteiger partial charge on any atom is -0.299 e. The third-order valence-electron chi connectivity index (χ3n) is 3.04. The number of allylic oxidation sites excluding steroid dienone is 1. The standard InChI is InChI=1S/C11H18O/c1-5-9-7-11(3,4)10(12)6-8(9)2/h5,8-9H,1,6-7H2,2-4H3/t8-,9+/m0/s1. The SMILES string of the molecule is C=C[C@@H]1CC(C)(C)C(=O)C[C@@H]1C. The lowest BCUT2D eigenvalue weighted by Gasteiger charge is -2.36. The van der Waals surface area contributed by atoms with Crippen LogP contribution in [-0.4, -0.2) is 5.78 Å². The highest BCUT2D eigenvalue weighted by Crippen LogP contribution is 2.39. The number of hydrogen-bond acceptors (Lipinski definition) is 1. The number of Topliss-reactive ketones (excluding diaryl/α,β-unsaturated/α-hetero) is 1. The van der Waals surface area contributed by atoms with Crippen LogP contribution in [0.4, 0.5) is 0 Å².